The smallest absolute Gasteiger partial charge is 0.251 e. The van der Waals surface area contributed by atoms with Crippen molar-refractivity contribution >= 4 is 5.91 Å². The van der Waals surface area contributed by atoms with E-state index < -0.39 is 5.82 Å². The number of rotatable bonds is 6. The lowest BCUT2D eigenvalue weighted by Crippen LogP contribution is -2.24. The molecule has 0 bridgehead atoms. The minimum Gasteiger partial charge on any atom is -0.348 e. The van der Waals surface area contributed by atoms with E-state index in [1.807, 2.05) is 12.1 Å². The first-order valence-electron chi connectivity index (χ1n) is 7.80. The minimum atomic E-state index is -0.398. The largest absolute Gasteiger partial charge is 0.348 e. The second kappa shape index (κ2) is 7.88. The summed E-state index contributed by atoms with van der Waals surface area (Å²) in [6, 6.07) is 12.4. The van der Waals surface area contributed by atoms with E-state index in [0.29, 0.717) is 12.1 Å². The van der Waals surface area contributed by atoms with Gasteiger partial charge in [0.2, 0.25) is 0 Å². The van der Waals surface area contributed by atoms with Gasteiger partial charge >= 0.3 is 0 Å². The van der Waals surface area contributed by atoms with Gasteiger partial charge in [0, 0.05) is 18.7 Å². The topological polar surface area (TPSA) is 32.3 Å². The van der Waals surface area contributed by atoms with Gasteiger partial charge in [-0.15, -0.1) is 0 Å². The third kappa shape index (κ3) is 4.89. The summed E-state index contributed by atoms with van der Waals surface area (Å²) in [4.78, 5) is 14.4. The number of benzene rings is 2. The van der Waals surface area contributed by atoms with E-state index in [0.717, 1.165) is 24.2 Å². The lowest BCUT2D eigenvalue weighted by Gasteiger charge is -2.14. The van der Waals surface area contributed by atoms with Crippen LogP contribution in [0.2, 0.25) is 0 Å². The zero-order valence-electron chi connectivity index (χ0n) is 13.9. The molecule has 0 saturated heterocycles. The van der Waals surface area contributed by atoms with E-state index in [9.17, 15) is 9.18 Å². The summed E-state index contributed by atoms with van der Waals surface area (Å²) in [5.74, 6) is -0.650. The maximum atomic E-state index is 13.3. The molecule has 0 fully saturated rings. The van der Waals surface area contributed by atoms with Crippen LogP contribution in [-0.2, 0) is 13.1 Å². The molecule has 1 N–H and O–H groups in total. The van der Waals surface area contributed by atoms with E-state index >= 15 is 0 Å². The van der Waals surface area contributed by atoms with E-state index in [1.165, 1.54) is 17.7 Å². The highest BCUT2D eigenvalue weighted by Crippen LogP contribution is 2.11. The Hall–Kier alpha value is -2.20. The number of nitrogens with zero attached hydrogens (tertiary/aromatic N) is 1. The maximum Gasteiger partial charge on any atom is 0.251 e. The van der Waals surface area contributed by atoms with Crippen LogP contribution in [0.25, 0.3) is 0 Å². The van der Waals surface area contributed by atoms with Crippen molar-refractivity contribution in [3.63, 3.8) is 0 Å². The van der Waals surface area contributed by atoms with Crippen LogP contribution in [0.3, 0.4) is 0 Å². The van der Waals surface area contributed by atoms with E-state index in [2.05, 4.69) is 36.3 Å². The molecule has 0 unspecified atom stereocenters. The number of halogens is 1. The van der Waals surface area contributed by atoms with E-state index in [4.69, 9.17) is 0 Å². The molecule has 2 rings (SSSR count). The predicted octanol–water partition coefficient (Wildman–Crippen LogP) is 3.52. The first-order valence-corrected chi connectivity index (χ1v) is 7.80. The second-order valence-corrected chi connectivity index (χ2v) is 5.79. The van der Waals surface area contributed by atoms with Gasteiger partial charge in [0.1, 0.15) is 5.82 Å². The van der Waals surface area contributed by atoms with Gasteiger partial charge in [-0.2, -0.15) is 0 Å². The Morgan fingerprint density at radius 1 is 1.17 bits per heavy atom. The number of hydrogen-bond acceptors (Lipinski definition) is 2. The van der Waals surface area contributed by atoms with Crippen molar-refractivity contribution in [3.05, 3.63) is 70.5 Å². The molecular formula is C19H23FN2O. The van der Waals surface area contributed by atoms with Gasteiger partial charge in [-0.3, -0.25) is 4.79 Å². The number of aryl methyl sites for hydroxylation is 1. The maximum absolute atomic E-state index is 13.3. The molecule has 4 heteroatoms. The molecule has 0 heterocycles. The molecule has 0 aromatic heterocycles. The van der Waals surface area contributed by atoms with Crippen LogP contribution >= 0.6 is 0 Å². The van der Waals surface area contributed by atoms with Gasteiger partial charge in [-0.1, -0.05) is 37.3 Å². The Bertz CT molecular complexity index is 685. The van der Waals surface area contributed by atoms with Crippen LogP contribution in [0.15, 0.2) is 42.5 Å². The molecule has 23 heavy (non-hydrogen) atoms. The SMILES string of the molecule is CCN(C)Cc1cccc(CNC(=O)c2cc(F)ccc2C)c1. The monoisotopic (exact) mass is 314 g/mol. The summed E-state index contributed by atoms with van der Waals surface area (Å²) in [7, 11) is 2.07. The zero-order chi connectivity index (χ0) is 16.8. The molecule has 2 aromatic carbocycles. The molecule has 122 valence electrons. The molecule has 0 aliphatic carbocycles. The van der Waals surface area contributed by atoms with Crippen molar-refractivity contribution in [3.8, 4) is 0 Å². The van der Waals surface area contributed by atoms with Crippen LogP contribution in [0.1, 0.15) is 34.0 Å². The Morgan fingerprint density at radius 3 is 2.65 bits per heavy atom. The molecule has 2 aromatic rings. The highest BCUT2D eigenvalue weighted by molar-refractivity contribution is 5.95. The highest BCUT2D eigenvalue weighted by Gasteiger charge is 2.10. The summed E-state index contributed by atoms with van der Waals surface area (Å²) in [6.45, 7) is 6.21. The third-order valence-electron chi connectivity index (χ3n) is 3.88. The summed E-state index contributed by atoms with van der Waals surface area (Å²) < 4.78 is 13.3. The summed E-state index contributed by atoms with van der Waals surface area (Å²) in [5.41, 5.74) is 3.39. The fraction of sp³-hybridized carbons (Fsp3) is 0.316. The predicted molar refractivity (Wildman–Crippen MR) is 90.8 cm³/mol. The van der Waals surface area contributed by atoms with Gasteiger partial charge < -0.3 is 10.2 Å². The van der Waals surface area contributed by atoms with Crippen molar-refractivity contribution < 1.29 is 9.18 Å². The van der Waals surface area contributed by atoms with Crippen LogP contribution in [0, 0.1) is 12.7 Å². The molecule has 3 nitrogen and oxygen atoms in total. The number of carbonyl (C=O) groups is 1. The van der Waals surface area contributed by atoms with Gasteiger partial charge in [0.15, 0.2) is 0 Å². The molecule has 0 saturated carbocycles. The zero-order valence-corrected chi connectivity index (χ0v) is 13.9. The third-order valence-corrected chi connectivity index (χ3v) is 3.88. The van der Waals surface area contributed by atoms with Crippen molar-refractivity contribution in [2.45, 2.75) is 26.9 Å². The van der Waals surface area contributed by atoms with Crippen LogP contribution in [0.4, 0.5) is 4.39 Å². The molecule has 0 atom stereocenters. The van der Waals surface area contributed by atoms with Gasteiger partial charge in [-0.25, -0.2) is 4.39 Å². The Morgan fingerprint density at radius 2 is 1.91 bits per heavy atom. The first-order chi connectivity index (χ1) is 11.0. The average Bonchev–Trinajstić information content (AvgIpc) is 2.55. The number of amides is 1. The number of carbonyl (C=O) groups excluding carboxylic acids is 1. The Kier molecular flexibility index (Phi) is 5.88. The fourth-order valence-corrected chi connectivity index (χ4v) is 2.38. The molecule has 0 aliphatic rings. The molecule has 0 radical (unpaired) electrons. The van der Waals surface area contributed by atoms with Crippen molar-refractivity contribution in [2.75, 3.05) is 13.6 Å². The van der Waals surface area contributed by atoms with Gasteiger partial charge in [-0.05, 0) is 49.3 Å². The molecule has 0 aliphatic heterocycles. The number of hydrogen-bond donors (Lipinski definition) is 1. The van der Waals surface area contributed by atoms with Gasteiger partial charge in [0.25, 0.3) is 5.91 Å². The molecular weight excluding hydrogens is 291 g/mol. The van der Waals surface area contributed by atoms with E-state index in [-0.39, 0.29) is 5.91 Å². The Balaban J connectivity index is 2.01. The summed E-state index contributed by atoms with van der Waals surface area (Å²) in [6.07, 6.45) is 0. The lowest BCUT2D eigenvalue weighted by molar-refractivity contribution is 0.0950. The normalized spacial score (nSPS) is 10.8. The molecule has 0 spiro atoms. The summed E-state index contributed by atoms with van der Waals surface area (Å²) >= 11 is 0. The van der Waals surface area contributed by atoms with Crippen molar-refractivity contribution in [1.29, 1.82) is 0 Å². The quantitative estimate of drug-likeness (QED) is 0.885. The highest BCUT2D eigenvalue weighted by atomic mass is 19.1. The molecule has 1 amide bonds. The van der Waals surface area contributed by atoms with Crippen molar-refractivity contribution in [1.82, 2.24) is 10.2 Å². The van der Waals surface area contributed by atoms with Gasteiger partial charge in [0.05, 0.1) is 0 Å². The second-order valence-electron chi connectivity index (χ2n) is 5.79. The fourth-order valence-electron chi connectivity index (χ4n) is 2.38. The first kappa shape index (κ1) is 17.2. The summed E-state index contributed by atoms with van der Waals surface area (Å²) in [5, 5.41) is 2.86. The van der Waals surface area contributed by atoms with Crippen LogP contribution < -0.4 is 5.32 Å². The minimum absolute atomic E-state index is 0.252. The average molecular weight is 314 g/mol. The number of nitrogens with one attached hydrogen (secondary N) is 1. The Labute approximate surface area is 137 Å². The lowest BCUT2D eigenvalue weighted by atomic mass is 10.1. The van der Waals surface area contributed by atoms with E-state index in [1.54, 1.807) is 13.0 Å². The standard InChI is InChI=1S/C19H23FN2O/c1-4-22(3)13-16-7-5-6-15(10-16)12-21-19(23)18-11-17(20)9-8-14(18)2/h5-11H,4,12-13H2,1-3H3,(H,21,23). The van der Waals surface area contributed by atoms with Crippen LogP contribution in [0.5, 0.6) is 0 Å². The van der Waals surface area contributed by atoms with Crippen molar-refractivity contribution in [2.24, 2.45) is 0 Å². The van der Waals surface area contributed by atoms with Crippen LogP contribution in [-0.4, -0.2) is 24.4 Å².